The molecule has 1 heterocycles. The first-order chi connectivity index (χ1) is 10.6. The molecule has 0 aromatic heterocycles. The number of carbonyl (C=O) groups excluding carboxylic acids is 2. The fourth-order valence-corrected chi connectivity index (χ4v) is 3.68. The SMILES string of the molecule is CC(C)C(=O)N1C(=O)N(Cc2ccccc2)[C@H]2CCCC[C@@H]21. The van der Waals surface area contributed by atoms with Gasteiger partial charge in [0.2, 0.25) is 5.91 Å². The average Bonchev–Trinajstić information content (AvgIpc) is 2.80. The van der Waals surface area contributed by atoms with Crippen LogP contribution in [0.15, 0.2) is 30.3 Å². The summed E-state index contributed by atoms with van der Waals surface area (Å²) in [5.74, 6) is -0.166. The Kier molecular flexibility index (Phi) is 4.19. The molecule has 1 saturated heterocycles. The van der Waals surface area contributed by atoms with E-state index < -0.39 is 0 Å². The highest BCUT2D eigenvalue weighted by Crippen LogP contribution is 2.35. The number of fused-ring (bicyclic) bond motifs is 1. The maximum absolute atomic E-state index is 12.9. The van der Waals surface area contributed by atoms with Crippen molar-refractivity contribution in [2.45, 2.75) is 58.2 Å². The van der Waals surface area contributed by atoms with E-state index in [1.165, 1.54) is 0 Å². The molecule has 0 unspecified atom stereocenters. The van der Waals surface area contributed by atoms with E-state index in [4.69, 9.17) is 0 Å². The van der Waals surface area contributed by atoms with Gasteiger partial charge in [0.15, 0.2) is 0 Å². The molecule has 0 spiro atoms. The first kappa shape index (κ1) is 15.1. The molecule has 118 valence electrons. The van der Waals surface area contributed by atoms with E-state index in [0.717, 1.165) is 31.2 Å². The molecular weight excluding hydrogens is 276 g/mol. The van der Waals surface area contributed by atoms with Crippen LogP contribution in [0.1, 0.15) is 45.1 Å². The van der Waals surface area contributed by atoms with Crippen molar-refractivity contribution in [3.63, 3.8) is 0 Å². The largest absolute Gasteiger partial charge is 0.327 e. The normalized spacial score (nSPS) is 24.8. The second-order valence-corrected chi connectivity index (χ2v) is 6.68. The highest BCUT2D eigenvalue weighted by atomic mass is 16.2. The van der Waals surface area contributed by atoms with Gasteiger partial charge in [0, 0.05) is 12.5 Å². The monoisotopic (exact) mass is 300 g/mol. The molecule has 1 aromatic rings. The Balaban J connectivity index is 1.86. The Labute approximate surface area is 132 Å². The summed E-state index contributed by atoms with van der Waals surface area (Å²) in [7, 11) is 0. The molecule has 0 radical (unpaired) electrons. The maximum atomic E-state index is 12.9. The number of hydrogen-bond donors (Lipinski definition) is 0. The number of urea groups is 1. The van der Waals surface area contributed by atoms with Gasteiger partial charge in [0.05, 0.1) is 12.1 Å². The maximum Gasteiger partial charge on any atom is 0.327 e. The van der Waals surface area contributed by atoms with Crippen LogP contribution in [0.5, 0.6) is 0 Å². The fraction of sp³-hybridized carbons (Fsp3) is 0.556. The van der Waals surface area contributed by atoms with E-state index in [1.54, 1.807) is 4.90 Å². The molecule has 2 atom stereocenters. The minimum Gasteiger partial charge on any atom is -0.315 e. The van der Waals surface area contributed by atoms with Crippen LogP contribution in [0.3, 0.4) is 0 Å². The first-order valence-corrected chi connectivity index (χ1v) is 8.27. The van der Waals surface area contributed by atoms with Crippen LogP contribution >= 0.6 is 0 Å². The Morgan fingerprint density at radius 1 is 1.14 bits per heavy atom. The van der Waals surface area contributed by atoms with Crippen molar-refractivity contribution in [3.8, 4) is 0 Å². The van der Waals surface area contributed by atoms with Crippen molar-refractivity contribution in [2.75, 3.05) is 0 Å². The van der Waals surface area contributed by atoms with Crippen molar-refractivity contribution < 1.29 is 9.59 Å². The number of nitrogens with zero attached hydrogens (tertiary/aromatic N) is 2. The number of carbonyl (C=O) groups is 2. The molecule has 4 heteroatoms. The highest BCUT2D eigenvalue weighted by Gasteiger charge is 2.49. The van der Waals surface area contributed by atoms with Gasteiger partial charge in [0.1, 0.15) is 0 Å². The number of rotatable bonds is 3. The molecular formula is C18H24N2O2. The van der Waals surface area contributed by atoms with Crippen molar-refractivity contribution in [3.05, 3.63) is 35.9 Å². The minimum atomic E-state index is -0.136. The summed E-state index contributed by atoms with van der Waals surface area (Å²) in [6, 6.07) is 10.2. The second-order valence-electron chi connectivity index (χ2n) is 6.68. The molecule has 1 aliphatic carbocycles. The van der Waals surface area contributed by atoms with Crippen LogP contribution < -0.4 is 0 Å². The number of hydrogen-bond acceptors (Lipinski definition) is 2. The molecule has 2 aliphatic rings. The molecule has 4 nitrogen and oxygen atoms in total. The Morgan fingerprint density at radius 2 is 1.77 bits per heavy atom. The van der Waals surface area contributed by atoms with Crippen LogP contribution in [0.25, 0.3) is 0 Å². The smallest absolute Gasteiger partial charge is 0.315 e. The Hall–Kier alpha value is -1.84. The molecule has 0 N–H and O–H groups in total. The zero-order valence-corrected chi connectivity index (χ0v) is 13.4. The number of amides is 3. The summed E-state index contributed by atoms with van der Waals surface area (Å²) in [5, 5.41) is 0. The predicted octanol–water partition coefficient (Wildman–Crippen LogP) is 3.42. The Bertz CT molecular complexity index is 555. The molecule has 2 fully saturated rings. The lowest BCUT2D eigenvalue weighted by Crippen LogP contribution is -2.44. The van der Waals surface area contributed by atoms with Crippen LogP contribution in [-0.2, 0) is 11.3 Å². The zero-order valence-electron chi connectivity index (χ0n) is 13.4. The fourth-order valence-electron chi connectivity index (χ4n) is 3.68. The molecule has 22 heavy (non-hydrogen) atoms. The van der Waals surface area contributed by atoms with E-state index >= 15 is 0 Å². The first-order valence-electron chi connectivity index (χ1n) is 8.27. The lowest BCUT2D eigenvalue weighted by Gasteiger charge is -2.31. The highest BCUT2D eigenvalue weighted by molar-refractivity contribution is 5.97. The molecule has 1 aliphatic heterocycles. The van der Waals surface area contributed by atoms with Crippen LogP contribution in [-0.4, -0.2) is 33.8 Å². The number of imide groups is 1. The third-order valence-corrected chi connectivity index (χ3v) is 4.80. The van der Waals surface area contributed by atoms with Gasteiger partial charge in [-0.15, -0.1) is 0 Å². The summed E-state index contributed by atoms with van der Waals surface area (Å²) < 4.78 is 0. The standard InChI is InChI=1S/C18H24N2O2/c1-13(2)17(21)20-16-11-7-6-10-15(16)19(18(20)22)12-14-8-4-3-5-9-14/h3-5,8-9,13,15-16H,6-7,10-12H2,1-2H3/t15-,16-/m0/s1. The van der Waals surface area contributed by atoms with Crippen molar-refractivity contribution in [1.82, 2.24) is 9.80 Å². The van der Waals surface area contributed by atoms with E-state index in [0.29, 0.717) is 6.54 Å². The molecule has 1 saturated carbocycles. The lowest BCUT2D eigenvalue weighted by atomic mass is 9.89. The van der Waals surface area contributed by atoms with Gasteiger partial charge in [-0.25, -0.2) is 4.79 Å². The van der Waals surface area contributed by atoms with Gasteiger partial charge in [-0.3, -0.25) is 9.69 Å². The van der Waals surface area contributed by atoms with Gasteiger partial charge >= 0.3 is 6.03 Å². The van der Waals surface area contributed by atoms with Gasteiger partial charge in [-0.05, 0) is 18.4 Å². The van der Waals surface area contributed by atoms with Crippen LogP contribution in [0.2, 0.25) is 0 Å². The Morgan fingerprint density at radius 3 is 2.41 bits per heavy atom. The summed E-state index contributed by atoms with van der Waals surface area (Å²) in [6.45, 7) is 4.34. The summed E-state index contributed by atoms with van der Waals surface area (Å²) in [4.78, 5) is 28.8. The van der Waals surface area contributed by atoms with Gasteiger partial charge < -0.3 is 4.90 Å². The lowest BCUT2D eigenvalue weighted by molar-refractivity contribution is -0.132. The molecule has 1 aromatic carbocycles. The summed E-state index contributed by atoms with van der Waals surface area (Å²) >= 11 is 0. The minimum absolute atomic E-state index is 0.0301. The number of benzene rings is 1. The van der Waals surface area contributed by atoms with Crippen molar-refractivity contribution in [1.29, 1.82) is 0 Å². The summed E-state index contributed by atoms with van der Waals surface area (Å²) in [5.41, 5.74) is 1.12. The third-order valence-electron chi connectivity index (χ3n) is 4.80. The third kappa shape index (κ3) is 2.62. The molecule has 3 rings (SSSR count). The van der Waals surface area contributed by atoms with E-state index in [1.807, 2.05) is 49.1 Å². The van der Waals surface area contributed by atoms with E-state index in [2.05, 4.69) is 0 Å². The van der Waals surface area contributed by atoms with Crippen molar-refractivity contribution in [2.24, 2.45) is 5.92 Å². The van der Waals surface area contributed by atoms with Crippen LogP contribution in [0.4, 0.5) is 4.79 Å². The van der Waals surface area contributed by atoms with Gasteiger partial charge in [0.25, 0.3) is 0 Å². The topological polar surface area (TPSA) is 40.6 Å². The molecule has 0 bridgehead atoms. The zero-order chi connectivity index (χ0) is 15.7. The molecule has 3 amide bonds. The second kappa shape index (κ2) is 6.11. The summed E-state index contributed by atoms with van der Waals surface area (Å²) in [6.07, 6.45) is 4.20. The van der Waals surface area contributed by atoms with Gasteiger partial charge in [-0.1, -0.05) is 57.0 Å². The van der Waals surface area contributed by atoms with Crippen molar-refractivity contribution >= 4 is 11.9 Å². The quantitative estimate of drug-likeness (QED) is 0.858. The van der Waals surface area contributed by atoms with E-state index in [9.17, 15) is 9.59 Å². The van der Waals surface area contributed by atoms with Gasteiger partial charge in [-0.2, -0.15) is 0 Å². The average molecular weight is 300 g/mol. The predicted molar refractivity (Wildman–Crippen MR) is 85.1 cm³/mol. The van der Waals surface area contributed by atoms with Crippen LogP contribution in [0, 0.1) is 5.92 Å². The van der Waals surface area contributed by atoms with E-state index in [-0.39, 0.29) is 29.9 Å².